The first-order valence-corrected chi connectivity index (χ1v) is 8.04. The van der Waals surface area contributed by atoms with Crippen LogP contribution in [0, 0.1) is 5.92 Å². The highest BCUT2D eigenvalue weighted by atomic mass is 32.3. The average molecular weight is 355 g/mol. The van der Waals surface area contributed by atoms with Gasteiger partial charge in [0, 0.05) is 24.6 Å². The maximum Gasteiger partial charge on any atom is 0.420 e. The summed E-state index contributed by atoms with van der Waals surface area (Å²) in [5.74, 6) is -2.58. The minimum atomic E-state index is -4.76. The molecule has 0 aromatic heterocycles. The molecular weight excluding hydrogens is 342 g/mol. The van der Waals surface area contributed by atoms with Crippen molar-refractivity contribution in [2.24, 2.45) is 5.92 Å². The van der Waals surface area contributed by atoms with Crippen molar-refractivity contribution in [3.05, 3.63) is 23.8 Å². The Morgan fingerprint density at radius 2 is 2.00 bits per heavy atom. The van der Waals surface area contributed by atoms with E-state index in [-0.39, 0.29) is 18.7 Å². The molecule has 23 heavy (non-hydrogen) atoms. The molecule has 1 saturated heterocycles. The van der Waals surface area contributed by atoms with E-state index in [0.29, 0.717) is 0 Å². The maximum absolute atomic E-state index is 13.0. The van der Waals surface area contributed by atoms with Gasteiger partial charge in [-0.25, -0.2) is 0 Å². The second-order valence-electron chi connectivity index (χ2n) is 5.16. The summed E-state index contributed by atoms with van der Waals surface area (Å²) in [6.45, 7) is -0.161. The Kier molecular flexibility index (Phi) is 4.56. The average Bonchev–Trinajstić information content (AvgIpc) is 2.75. The number of anilines is 1. The van der Waals surface area contributed by atoms with Gasteiger partial charge in [-0.3, -0.25) is 4.79 Å². The fraction of sp³-hybridized carbons (Fsp3) is 0.462. The van der Waals surface area contributed by atoms with Crippen molar-refractivity contribution in [1.82, 2.24) is 0 Å². The summed E-state index contributed by atoms with van der Waals surface area (Å²) < 4.78 is 77.6. The summed E-state index contributed by atoms with van der Waals surface area (Å²) in [6.07, 6.45) is -4.91. The van der Waals surface area contributed by atoms with Gasteiger partial charge in [-0.05, 0) is 18.2 Å². The molecule has 1 heterocycles. The van der Waals surface area contributed by atoms with Crippen molar-refractivity contribution in [1.29, 1.82) is 0 Å². The molecule has 0 spiro atoms. The van der Waals surface area contributed by atoms with Gasteiger partial charge in [0.2, 0.25) is 5.91 Å². The number of carbonyl (C=O) groups excluding carboxylic acids is 1. The topological polar surface area (TPSA) is 63.7 Å². The van der Waals surface area contributed by atoms with Gasteiger partial charge in [0.1, 0.15) is 5.75 Å². The van der Waals surface area contributed by atoms with E-state index in [2.05, 4.69) is 4.74 Å². The molecule has 1 aromatic rings. The van der Waals surface area contributed by atoms with Gasteiger partial charge >= 0.3 is 16.4 Å². The minimum Gasteiger partial charge on any atom is -0.496 e. The number of rotatable bonds is 4. The minimum absolute atomic E-state index is 0.0399. The predicted octanol–water partition coefficient (Wildman–Crippen LogP) is 2.37. The number of hydrogen-bond donors (Lipinski definition) is 0. The summed E-state index contributed by atoms with van der Waals surface area (Å²) in [4.78, 5) is 12.9. The highest BCUT2D eigenvalue weighted by Gasteiger charge is 2.37. The van der Waals surface area contributed by atoms with Crippen LogP contribution < -0.4 is 9.64 Å². The van der Waals surface area contributed by atoms with E-state index in [4.69, 9.17) is 0 Å². The van der Waals surface area contributed by atoms with Crippen LogP contribution in [0.5, 0.6) is 5.75 Å². The molecule has 1 fully saturated rings. The molecule has 1 aliphatic rings. The van der Waals surface area contributed by atoms with E-state index in [1.165, 1.54) is 6.07 Å². The van der Waals surface area contributed by atoms with E-state index >= 15 is 0 Å². The first-order chi connectivity index (χ1) is 10.5. The third-order valence-electron chi connectivity index (χ3n) is 3.44. The molecule has 0 bridgehead atoms. The lowest BCUT2D eigenvalue weighted by atomic mass is 10.1. The number of methoxy groups -OCH3 is 1. The van der Waals surface area contributed by atoms with Crippen molar-refractivity contribution in [2.75, 3.05) is 24.3 Å². The molecular formula is C13H13F4NO4S. The summed E-state index contributed by atoms with van der Waals surface area (Å²) in [5, 5.41) is 0. The van der Waals surface area contributed by atoms with Crippen molar-refractivity contribution in [2.45, 2.75) is 12.6 Å². The van der Waals surface area contributed by atoms with Crippen molar-refractivity contribution >= 4 is 21.8 Å². The van der Waals surface area contributed by atoms with Crippen molar-refractivity contribution < 1.29 is 35.0 Å². The molecule has 0 N–H and O–H groups in total. The Morgan fingerprint density at radius 1 is 1.35 bits per heavy atom. The highest BCUT2D eigenvalue weighted by Crippen LogP contribution is 2.39. The zero-order chi connectivity index (χ0) is 17.4. The van der Waals surface area contributed by atoms with E-state index in [1.54, 1.807) is 0 Å². The van der Waals surface area contributed by atoms with Gasteiger partial charge in [0.25, 0.3) is 0 Å². The molecule has 1 atom stereocenters. The number of halogens is 4. The number of alkyl halides is 3. The Hall–Kier alpha value is -1.84. The molecule has 0 aliphatic carbocycles. The van der Waals surface area contributed by atoms with Crippen LogP contribution in [0.1, 0.15) is 12.0 Å². The van der Waals surface area contributed by atoms with Crippen LogP contribution in [0.3, 0.4) is 0 Å². The molecule has 1 unspecified atom stereocenters. The fourth-order valence-corrected chi connectivity index (χ4v) is 3.30. The normalized spacial score (nSPS) is 19.3. The zero-order valence-corrected chi connectivity index (χ0v) is 12.7. The SMILES string of the molecule is COc1ccc(N2CC(CS(=O)(=O)F)CC2=O)cc1C(F)(F)F. The van der Waals surface area contributed by atoms with E-state index in [9.17, 15) is 30.3 Å². The van der Waals surface area contributed by atoms with Crippen LogP contribution in [-0.2, 0) is 21.2 Å². The van der Waals surface area contributed by atoms with Gasteiger partial charge in [0.05, 0.1) is 18.4 Å². The lowest BCUT2D eigenvalue weighted by Crippen LogP contribution is -2.26. The molecule has 2 rings (SSSR count). The van der Waals surface area contributed by atoms with E-state index in [1.807, 2.05) is 0 Å². The van der Waals surface area contributed by atoms with Crippen LogP contribution >= 0.6 is 0 Å². The quantitative estimate of drug-likeness (QED) is 0.614. The second-order valence-corrected chi connectivity index (χ2v) is 6.57. The molecule has 0 radical (unpaired) electrons. The van der Waals surface area contributed by atoms with Crippen molar-refractivity contribution in [3.8, 4) is 5.75 Å². The number of ether oxygens (including phenoxy) is 1. The summed E-state index contributed by atoms with van der Waals surface area (Å²) in [7, 11) is -3.67. The van der Waals surface area contributed by atoms with Crippen LogP contribution in [-0.4, -0.2) is 33.7 Å². The molecule has 128 valence electrons. The largest absolute Gasteiger partial charge is 0.496 e. The molecule has 10 heteroatoms. The molecule has 1 aliphatic heterocycles. The first kappa shape index (κ1) is 17.5. The fourth-order valence-electron chi connectivity index (χ4n) is 2.51. The maximum atomic E-state index is 13.0. The van der Waals surface area contributed by atoms with Gasteiger partial charge in [-0.15, -0.1) is 3.89 Å². The van der Waals surface area contributed by atoms with Crippen LogP contribution in [0.15, 0.2) is 18.2 Å². The zero-order valence-electron chi connectivity index (χ0n) is 11.9. The second kappa shape index (κ2) is 5.99. The van der Waals surface area contributed by atoms with Gasteiger partial charge in [-0.2, -0.15) is 21.6 Å². The smallest absolute Gasteiger partial charge is 0.420 e. The third kappa shape index (κ3) is 4.12. The Morgan fingerprint density at radius 3 is 2.52 bits per heavy atom. The number of nitrogens with zero attached hydrogens (tertiary/aromatic N) is 1. The Labute approximate surface area is 130 Å². The monoisotopic (exact) mass is 355 g/mol. The lowest BCUT2D eigenvalue weighted by molar-refractivity contribution is -0.138. The van der Waals surface area contributed by atoms with Gasteiger partial charge in [-0.1, -0.05) is 0 Å². The molecule has 0 saturated carbocycles. The van der Waals surface area contributed by atoms with Gasteiger partial charge in [0.15, 0.2) is 0 Å². The number of amides is 1. The van der Waals surface area contributed by atoms with Crippen LogP contribution in [0.25, 0.3) is 0 Å². The Balaban J connectivity index is 2.30. The summed E-state index contributed by atoms with van der Waals surface area (Å²) in [5.41, 5.74) is -1.09. The van der Waals surface area contributed by atoms with E-state index < -0.39 is 45.3 Å². The number of carbonyl (C=O) groups is 1. The number of benzene rings is 1. The summed E-state index contributed by atoms with van der Waals surface area (Å²) >= 11 is 0. The number of hydrogen-bond acceptors (Lipinski definition) is 4. The van der Waals surface area contributed by atoms with Gasteiger partial charge < -0.3 is 9.64 Å². The predicted molar refractivity (Wildman–Crippen MR) is 73.4 cm³/mol. The molecule has 1 amide bonds. The third-order valence-corrected chi connectivity index (χ3v) is 4.31. The Bertz CT molecular complexity index is 717. The van der Waals surface area contributed by atoms with Crippen LogP contribution in [0.2, 0.25) is 0 Å². The van der Waals surface area contributed by atoms with Crippen molar-refractivity contribution in [3.63, 3.8) is 0 Å². The highest BCUT2D eigenvalue weighted by molar-refractivity contribution is 7.86. The molecule has 1 aromatic carbocycles. The van der Waals surface area contributed by atoms with E-state index in [0.717, 1.165) is 24.1 Å². The summed E-state index contributed by atoms with van der Waals surface area (Å²) in [6, 6.07) is 3.09. The first-order valence-electron chi connectivity index (χ1n) is 6.49. The lowest BCUT2D eigenvalue weighted by Gasteiger charge is -2.20. The standard InChI is InChI=1S/C13H13F4NO4S/c1-22-11-3-2-9(5-10(11)13(14,15)16)18-6-8(4-12(18)19)7-23(17,20)21/h2-3,5,8H,4,6-7H2,1H3. The van der Waals surface area contributed by atoms with Crippen LogP contribution in [0.4, 0.5) is 22.7 Å². The molecule has 5 nitrogen and oxygen atoms in total.